The Morgan fingerprint density at radius 3 is 1.76 bits per heavy atom. The zero-order valence-corrected chi connectivity index (χ0v) is 24.9. The van der Waals surface area contributed by atoms with Gasteiger partial charge in [0.05, 0.1) is 0 Å². The number of hydrogen-bond donors (Lipinski definition) is 1. The zero-order valence-electron chi connectivity index (χ0n) is 24.1. The lowest BCUT2D eigenvalue weighted by Crippen LogP contribution is -2.39. The summed E-state index contributed by atoms with van der Waals surface area (Å²) in [7, 11) is -5.67. The minimum absolute atomic E-state index is 0.00806. The highest BCUT2D eigenvalue weighted by Gasteiger charge is 2.49. The Morgan fingerprint density at radius 1 is 0.854 bits per heavy atom. The summed E-state index contributed by atoms with van der Waals surface area (Å²) in [6.07, 6.45) is 2.98. The minimum Gasteiger partial charge on any atom is -0.444 e. The van der Waals surface area contributed by atoms with Crippen LogP contribution in [0.25, 0.3) is 5.57 Å². The lowest BCUT2D eigenvalue weighted by molar-refractivity contribution is -0.0525. The van der Waals surface area contributed by atoms with Gasteiger partial charge in [-0.15, -0.1) is 0 Å². The first-order valence-electron chi connectivity index (χ1n) is 12.9. The van der Waals surface area contributed by atoms with E-state index in [1.807, 2.05) is 45.0 Å². The molecule has 2 aliphatic rings. The van der Waals surface area contributed by atoms with Crippen molar-refractivity contribution in [2.75, 3.05) is 31.9 Å². The molecule has 14 heteroatoms. The number of nitrogens with two attached hydrogens (primary N) is 1. The van der Waals surface area contributed by atoms with Crippen LogP contribution in [0.3, 0.4) is 0 Å². The maximum atomic E-state index is 12.2. The fourth-order valence-electron chi connectivity index (χ4n) is 3.57. The number of rotatable bonds is 3. The molecule has 0 unspecified atom stereocenters. The summed E-state index contributed by atoms with van der Waals surface area (Å²) in [5, 5.41) is 0. The third kappa shape index (κ3) is 11.2. The number of alkyl halides is 3. The lowest BCUT2D eigenvalue weighted by Gasteiger charge is -2.29. The molecule has 0 aliphatic carbocycles. The van der Waals surface area contributed by atoms with E-state index in [-0.39, 0.29) is 31.4 Å². The Balaban J connectivity index is 0.000000287. The van der Waals surface area contributed by atoms with Crippen molar-refractivity contribution in [3.05, 3.63) is 47.7 Å². The van der Waals surface area contributed by atoms with Crippen molar-refractivity contribution in [3.63, 3.8) is 0 Å². The Kier molecular flexibility index (Phi) is 10.7. The number of hydrogen-bond acceptors (Lipinski definition) is 8. The van der Waals surface area contributed by atoms with Crippen LogP contribution in [0.5, 0.6) is 0 Å². The van der Waals surface area contributed by atoms with Crippen LogP contribution in [-0.2, 0) is 23.8 Å². The molecule has 10 nitrogen and oxygen atoms in total. The van der Waals surface area contributed by atoms with Gasteiger partial charge in [0.1, 0.15) is 17.0 Å². The predicted molar refractivity (Wildman–Crippen MR) is 148 cm³/mol. The number of ether oxygens (including phenoxy) is 2. The fraction of sp³-hybridized carbons (Fsp3) is 0.556. The number of anilines is 1. The molecule has 2 heterocycles. The normalized spacial score (nSPS) is 16.5. The van der Waals surface area contributed by atoms with Gasteiger partial charge in [0, 0.05) is 38.3 Å². The Hall–Kier alpha value is -3.42. The topological polar surface area (TPSA) is 128 Å². The molecule has 0 bridgehead atoms. The largest absolute Gasteiger partial charge is 0.534 e. The number of amides is 2. The van der Waals surface area contributed by atoms with Gasteiger partial charge in [0.25, 0.3) is 0 Å². The molecule has 0 atom stereocenters. The van der Waals surface area contributed by atoms with E-state index < -0.39 is 32.9 Å². The van der Waals surface area contributed by atoms with Crippen molar-refractivity contribution in [2.24, 2.45) is 0 Å². The molecule has 0 saturated carbocycles. The molecular weight excluding hydrogens is 567 g/mol. The summed E-state index contributed by atoms with van der Waals surface area (Å²) < 4.78 is 72.6. The average molecular weight is 606 g/mol. The number of nitrogens with zero attached hydrogens (tertiary/aromatic N) is 2. The van der Waals surface area contributed by atoms with Gasteiger partial charge in [0.2, 0.25) is 0 Å². The van der Waals surface area contributed by atoms with E-state index in [2.05, 4.69) is 10.3 Å². The van der Waals surface area contributed by atoms with Crippen LogP contribution in [0.2, 0.25) is 0 Å². The van der Waals surface area contributed by atoms with Crippen LogP contribution in [0.1, 0.15) is 59.9 Å². The highest BCUT2D eigenvalue weighted by Crippen LogP contribution is 2.28. The number of benzene rings is 1. The third-order valence-electron chi connectivity index (χ3n) is 5.44. The highest BCUT2D eigenvalue weighted by atomic mass is 32.2. The molecule has 0 fully saturated rings. The summed E-state index contributed by atoms with van der Waals surface area (Å²) in [4.78, 5) is 26.6. The Labute approximate surface area is 239 Å². The van der Waals surface area contributed by atoms with E-state index in [1.54, 1.807) is 25.7 Å². The molecule has 230 valence electrons. The predicted octanol–water partition coefficient (Wildman–Crippen LogP) is 5.67. The molecule has 2 N–H and O–H groups in total. The van der Waals surface area contributed by atoms with E-state index in [9.17, 15) is 31.2 Å². The number of carbonyl (C=O) groups is 2. The first-order valence-corrected chi connectivity index (χ1v) is 14.3. The van der Waals surface area contributed by atoms with Crippen LogP contribution in [0, 0.1) is 0 Å². The van der Waals surface area contributed by atoms with Crippen molar-refractivity contribution in [1.29, 1.82) is 0 Å². The maximum Gasteiger partial charge on any atom is 0.534 e. The van der Waals surface area contributed by atoms with Gasteiger partial charge >= 0.3 is 27.8 Å². The van der Waals surface area contributed by atoms with Gasteiger partial charge in [-0.25, -0.2) is 9.59 Å². The van der Waals surface area contributed by atoms with Crippen molar-refractivity contribution in [3.8, 4) is 0 Å². The quantitative estimate of drug-likeness (QED) is 0.265. The second-order valence-corrected chi connectivity index (χ2v) is 12.9. The van der Waals surface area contributed by atoms with Crippen molar-refractivity contribution < 1.29 is 44.8 Å². The zero-order chi connectivity index (χ0) is 31.2. The van der Waals surface area contributed by atoms with Crippen LogP contribution >= 0.6 is 0 Å². The van der Waals surface area contributed by atoms with E-state index >= 15 is 0 Å². The minimum atomic E-state index is -5.67. The van der Waals surface area contributed by atoms with Crippen molar-refractivity contribution in [1.82, 2.24) is 9.80 Å². The van der Waals surface area contributed by atoms with Crippen molar-refractivity contribution >= 4 is 33.6 Å². The molecule has 1 aromatic rings. The fourth-order valence-corrected chi connectivity index (χ4v) is 4.10. The standard InChI is InChI=1S/C16H22N2O2.C11H16F3NO5S/c1-16(2,3)20-15(19)18-9-7-12(8-10-18)13-5-4-6-14(17)11-13;1-10(2,3)19-9(16)15-6-4-8(5-7-15)20-21(17,18)11(12,13)14/h4-7,11H,8-10,17H2,1-3H3;4H,5-7H2,1-3H3. The van der Waals surface area contributed by atoms with Crippen LogP contribution in [-0.4, -0.2) is 73.3 Å². The van der Waals surface area contributed by atoms with Gasteiger partial charge in [-0.3, -0.25) is 0 Å². The van der Waals surface area contributed by atoms with E-state index in [1.165, 1.54) is 10.5 Å². The monoisotopic (exact) mass is 605 g/mol. The maximum absolute atomic E-state index is 12.2. The van der Waals surface area contributed by atoms with Crippen LogP contribution in [0.4, 0.5) is 28.4 Å². The molecule has 1 aromatic carbocycles. The number of carbonyl (C=O) groups excluding carboxylic acids is 2. The molecule has 41 heavy (non-hydrogen) atoms. The SMILES string of the molecule is CC(C)(C)OC(=O)N1CC=C(OS(=O)(=O)C(F)(F)F)CC1.CC(C)(C)OC(=O)N1CC=C(c2cccc(N)c2)CC1. The van der Waals surface area contributed by atoms with Gasteiger partial charge in [0.15, 0.2) is 0 Å². The number of nitrogen functional groups attached to an aromatic ring is 1. The highest BCUT2D eigenvalue weighted by molar-refractivity contribution is 7.87. The first-order chi connectivity index (χ1) is 18.7. The van der Waals surface area contributed by atoms with Gasteiger partial charge in [-0.2, -0.15) is 21.6 Å². The molecule has 3 rings (SSSR count). The summed E-state index contributed by atoms with van der Waals surface area (Å²) >= 11 is 0. The molecule has 0 aromatic heterocycles. The van der Waals surface area contributed by atoms with Gasteiger partial charge < -0.3 is 29.2 Å². The average Bonchev–Trinajstić information content (AvgIpc) is 2.82. The molecule has 2 amide bonds. The number of halogens is 3. The second-order valence-electron chi connectivity index (χ2n) is 11.4. The third-order valence-corrected chi connectivity index (χ3v) is 6.44. The second kappa shape index (κ2) is 13.0. The summed E-state index contributed by atoms with van der Waals surface area (Å²) in [6.45, 7) is 11.8. The van der Waals surface area contributed by atoms with Crippen molar-refractivity contribution in [2.45, 2.75) is 71.1 Å². The van der Waals surface area contributed by atoms with Crippen LogP contribution < -0.4 is 5.73 Å². The Bertz CT molecular complexity index is 1260. The summed E-state index contributed by atoms with van der Waals surface area (Å²) in [5.74, 6) is -0.341. The molecular formula is C27H38F3N3O7S. The summed E-state index contributed by atoms with van der Waals surface area (Å²) in [5.41, 5.74) is 2.30. The van der Waals surface area contributed by atoms with E-state index in [4.69, 9.17) is 15.2 Å². The first kappa shape index (κ1) is 33.8. The van der Waals surface area contributed by atoms with Crippen LogP contribution in [0.15, 0.2) is 42.2 Å². The van der Waals surface area contributed by atoms with E-state index in [0.29, 0.717) is 13.1 Å². The molecule has 0 spiro atoms. The molecule has 2 aliphatic heterocycles. The molecule has 0 saturated heterocycles. The smallest absolute Gasteiger partial charge is 0.444 e. The van der Waals surface area contributed by atoms with Gasteiger partial charge in [-0.1, -0.05) is 18.2 Å². The summed E-state index contributed by atoms with van der Waals surface area (Å²) in [6, 6.07) is 7.84. The van der Waals surface area contributed by atoms with Gasteiger partial charge in [-0.05, 0) is 77.3 Å². The lowest BCUT2D eigenvalue weighted by atomic mass is 9.99. The molecule has 0 radical (unpaired) electrons. The van der Waals surface area contributed by atoms with E-state index in [0.717, 1.165) is 23.7 Å². The Morgan fingerprint density at radius 2 is 1.37 bits per heavy atom.